The molecule has 2 N–H and O–H groups in total. The predicted octanol–water partition coefficient (Wildman–Crippen LogP) is 1.67. The molecule has 1 aromatic carbocycles. The molecule has 2 atom stereocenters. The van der Waals surface area contributed by atoms with Crippen LogP contribution in [0.4, 0.5) is 0 Å². The number of aryl methyl sites for hydroxylation is 1. The molecule has 7 nitrogen and oxygen atoms in total. The van der Waals surface area contributed by atoms with E-state index in [1.165, 1.54) is 16.7 Å². The van der Waals surface area contributed by atoms with Crippen LogP contribution in [0.2, 0.25) is 0 Å². The molecule has 1 saturated heterocycles. The highest BCUT2D eigenvalue weighted by Crippen LogP contribution is 2.21. The predicted molar refractivity (Wildman–Crippen MR) is 124 cm³/mol. The van der Waals surface area contributed by atoms with Crippen LogP contribution in [0.5, 0.6) is 0 Å². The van der Waals surface area contributed by atoms with Crippen molar-refractivity contribution in [1.29, 1.82) is 0 Å². The molecule has 0 saturated carbocycles. The molecule has 2 aliphatic rings. The molecule has 1 fully saturated rings. The molecule has 7 heteroatoms. The molecule has 3 heterocycles. The Morgan fingerprint density at radius 3 is 2.90 bits per heavy atom. The highest BCUT2D eigenvalue weighted by molar-refractivity contribution is 5.80. The lowest BCUT2D eigenvalue weighted by atomic mass is 10.00. The fraction of sp³-hybridized carbons (Fsp3) is 0.583. The molecule has 0 amide bonds. The van der Waals surface area contributed by atoms with Gasteiger partial charge < -0.3 is 15.3 Å². The zero-order valence-corrected chi connectivity index (χ0v) is 18.9. The number of hydrogen-bond donors (Lipinski definition) is 2. The van der Waals surface area contributed by atoms with E-state index in [9.17, 15) is 5.11 Å². The van der Waals surface area contributed by atoms with Crippen LogP contribution in [0.15, 0.2) is 41.7 Å². The fourth-order valence-corrected chi connectivity index (χ4v) is 4.79. The number of fused-ring (bicyclic) bond motifs is 1. The summed E-state index contributed by atoms with van der Waals surface area (Å²) in [6.07, 6.45) is 6.90. The van der Waals surface area contributed by atoms with Gasteiger partial charge in [-0.3, -0.25) is 14.6 Å². The van der Waals surface area contributed by atoms with Crippen molar-refractivity contribution in [2.24, 2.45) is 18.0 Å². The van der Waals surface area contributed by atoms with Gasteiger partial charge in [-0.15, -0.1) is 0 Å². The second-order valence-electron chi connectivity index (χ2n) is 8.93. The first-order valence-corrected chi connectivity index (χ1v) is 11.6. The number of nitrogens with zero attached hydrogens (tertiary/aromatic N) is 5. The summed E-state index contributed by atoms with van der Waals surface area (Å²) in [6.45, 7) is 7.96. The van der Waals surface area contributed by atoms with Crippen LogP contribution in [-0.2, 0) is 26.4 Å². The number of benzene rings is 1. The number of nitrogens with one attached hydrogen (secondary N) is 1. The van der Waals surface area contributed by atoms with Gasteiger partial charge in [-0.2, -0.15) is 5.10 Å². The van der Waals surface area contributed by atoms with E-state index < -0.39 is 6.10 Å². The molecule has 0 radical (unpaired) electrons. The molecule has 2 aromatic rings. The summed E-state index contributed by atoms with van der Waals surface area (Å²) in [6, 6.07) is 8.63. The van der Waals surface area contributed by atoms with Crippen molar-refractivity contribution in [2.75, 3.05) is 39.3 Å². The van der Waals surface area contributed by atoms with Crippen LogP contribution >= 0.6 is 0 Å². The number of guanidine groups is 1. The van der Waals surface area contributed by atoms with Crippen LogP contribution in [0.3, 0.4) is 0 Å². The first kappa shape index (κ1) is 21.8. The Hall–Kier alpha value is -2.38. The van der Waals surface area contributed by atoms with Crippen molar-refractivity contribution in [3.63, 3.8) is 0 Å². The lowest BCUT2D eigenvalue weighted by Crippen LogP contribution is -2.42. The van der Waals surface area contributed by atoms with Gasteiger partial charge in [0.25, 0.3) is 0 Å². The molecular weight excluding hydrogens is 388 g/mol. The Morgan fingerprint density at radius 1 is 1.29 bits per heavy atom. The molecule has 168 valence electrons. The van der Waals surface area contributed by atoms with E-state index in [-0.39, 0.29) is 0 Å². The first-order valence-electron chi connectivity index (χ1n) is 11.6. The van der Waals surface area contributed by atoms with Crippen molar-refractivity contribution >= 4 is 5.96 Å². The summed E-state index contributed by atoms with van der Waals surface area (Å²) >= 11 is 0. The summed E-state index contributed by atoms with van der Waals surface area (Å²) in [5, 5.41) is 18.4. The third-order valence-corrected chi connectivity index (χ3v) is 6.33. The fourth-order valence-electron chi connectivity index (χ4n) is 4.79. The van der Waals surface area contributed by atoms with Gasteiger partial charge in [0.15, 0.2) is 5.96 Å². The molecule has 0 aliphatic carbocycles. The quantitative estimate of drug-likeness (QED) is 0.523. The summed E-state index contributed by atoms with van der Waals surface area (Å²) in [5.74, 6) is 1.55. The summed E-state index contributed by atoms with van der Waals surface area (Å²) < 4.78 is 1.87. The van der Waals surface area contributed by atoms with Crippen molar-refractivity contribution in [3.05, 3.63) is 53.3 Å². The third-order valence-electron chi connectivity index (χ3n) is 6.33. The highest BCUT2D eigenvalue weighted by Gasteiger charge is 2.26. The van der Waals surface area contributed by atoms with E-state index in [0.717, 1.165) is 57.9 Å². The molecule has 0 spiro atoms. The number of aliphatic hydroxyl groups is 1. The Balaban J connectivity index is 1.28. The first-order chi connectivity index (χ1) is 15.1. The largest absolute Gasteiger partial charge is 0.390 e. The molecule has 31 heavy (non-hydrogen) atoms. The van der Waals surface area contributed by atoms with E-state index in [1.54, 1.807) is 0 Å². The summed E-state index contributed by atoms with van der Waals surface area (Å²) in [7, 11) is 1.97. The topological polar surface area (TPSA) is 68.9 Å². The number of rotatable bonds is 7. The number of hydrogen-bond acceptors (Lipinski definition) is 4. The van der Waals surface area contributed by atoms with Crippen LogP contribution < -0.4 is 5.32 Å². The lowest BCUT2D eigenvalue weighted by molar-refractivity contribution is 0.111. The van der Waals surface area contributed by atoms with Gasteiger partial charge >= 0.3 is 0 Å². The highest BCUT2D eigenvalue weighted by atomic mass is 16.3. The van der Waals surface area contributed by atoms with E-state index >= 15 is 0 Å². The zero-order chi connectivity index (χ0) is 21.6. The molecule has 2 unspecified atom stereocenters. The second-order valence-corrected chi connectivity index (χ2v) is 8.93. The third kappa shape index (κ3) is 5.86. The molecule has 1 aromatic heterocycles. The van der Waals surface area contributed by atoms with Crippen LogP contribution in [0.25, 0.3) is 0 Å². The van der Waals surface area contributed by atoms with Crippen molar-refractivity contribution < 1.29 is 5.11 Å². The molecular formula is C24H36N6O. The van der Waals surface area contributed by atoms with Gasteiger partial charge in [0.1, 0.15) is 0 Å². The van der Waals surface area contributed by atoms with Gasteiger partial charge in [-0.1, -0.05) is 24.3 Å². The molecule has 4 rings (SSSR count). The zero-order valence-electron chi connectivity index (χ0n) is 18.9. The van der Waals surface area contributed by atoms with Crippen molar-refractivity contribution in [2.45, 2.75) is 38.8 Å². The van der Waals surface area contributed by atoms with Gasteiger partial charge in [0, 0.05) is 52.5 Å². The Bertz CT molecular complexity index is 878. The van der Waals surface area contributed by atoms with Gasteiger partial charge in [0.2, 0.25) is 0 Å². The summed E-state index contributed by atoms with van der Waals surface area (Å²) in [5.41, 5.74) is 4.12. The van der Waals surface area contributed by atoms with Crippen LogP contribution in [0, 0.1) is 5.92 Å². The lowest BCUT2D eigenvalue weighted by Gasteiger charge is -2.30. The minimum absolute atomic E-state index is 0.435. The summed E-state index contributed by atoms with van der Waals surface area (Å²) in [4.78, 5) is 9.47. The van der Waals surface area contributed by atoms with E-state index in [0.29, 0.717) is 19.0 Å². The van der Waals surface area contributed by atoms with E-state index in [2.05, 4.69) is 57.6 Å². The van der Waals surface area contributed by atoms with E-state index in [1.807, 2.05) is 17.9 Å². The van der Waals surface area contributed by atoms with Crippen LogP contribution in [0.1, 0.15) is 30.0 Å². The normalized spacial score (nSPS) is 20.7. The van der Waals surface area contributed by atoms with Crippen LogP contribution in [-0.4, -0.2) is 76.0 Å². The Morgan fingerprint density at radius 2 is 2.13 bits per heavy atom. The maximum atomic E-state index is 10.7. The van der Waals surface area contributed by atoms with E-state index in [4.69, 9.17) is 4.99 Å². The monoisotopic (exact) mass is 424 g/mol. The average molecular weight is 425 g/mol. The van der Waals surface area contributed by atoms with Gasteiger partial charge in [-0.25, -0.2) is 0 Å². The second kappa shape index (κ2) is 10.3. The average Bonchev–Trinajstić information content (AvgIpc) is 3.40. The van der Waals surface area contributed by atoms with Gasteiger partial charge in [0.05, 0.1) is 18.8 Å². The Labute approximate surface area is 185 Å². The minimum atomic E-state index is -0.451. The van der Waals surface area contributed by atoms with Gasteiger partial charge in [-0.05, 0) is 48.8 Å². The number of aromatic nitrogens is 2. The Kier molecular flexibility index (Phi) is 7.25. The number of aliphatic imine (C=N–C) groups is 1. The van der Waals surface area contributed by atoms with Crippen molar-refractivity contribution in [3.8, 4) is 0 Å². The SMILES string of the molecule is CCNC(=NCC(O)CN1CCc2ccccc2C1)N1CCC(Cc2cnn(C)c2)C1. The smallest absolute Gasteiger partial charge is 0.194 e. The minimum Gasteiger partial charge on any atom is -0.390 e. The molecule has 2 aliphatic heterocycles. The maximum absolute atomic E-state index is 10.7. The van der Waals surface area contributed by atoms with Crippen molar-refractivity contribution in [1.82, 2.24) is 24.9 Å². The standard InChI is InChI=1S/C24H36N6O/c1-3-25-24(30-11-8-19(16-30)12-20-13-27-28(2)15-20)26-14-23(31)18-29-10-9-21-6-4-5-7-22(21)17-29/h4-7,13,15,19,23,31H,3,8-12,14,16-18H2,1-2H3,(H,25,26). The molecule has 0 bridgehead atoms. The maximum Gasteiger partial charge on any atom is 0.194 e. The number of likely N-dealkylation sites (tertiary alicyclic amines) is 1. The number of aliphatic hydroxyl groups excluding tert-OH is 1. The number of β-amino-alcohol motifs (C(OH)–C–C–N with tert-alkyl or cyclic N) is 1.